The summed E-state index contributed by atoms with van der Waals surface area (Å²) in [5, 5.41) is 0. The molecule has 0 aliphatic carbocycles. The first-order chi connectivity index (χ1) is 14.7. The highest BCUT2D eigenvalue weighted by Gasteiger charge is 2.41. The molecule has 2 aromatic heterocycles. The number of hydrogen-bond acceptors (Lipinski definition) is 6. The molecule has 11 nitrogen and oxygen atoms in total. The predicted molar refractivity (Wildman–Crippen MR) is 112 cm³/mol. The molecule has 1 unspecified atom stereocenters. The summed E-state index contributed by atoms with van der Waals surface area (Å²) in [6, 6.07) is 0.127. The third kappa shape index (κ3) is 3.51. The number of fused-ring (bicyclic) bond motifs is 1. The van der Waals surface area contributed by atoms with Crippen molar-refractivity contribution in [3.63, 3.8) is 0 Å². The van der Waals surface area contributed by atoms with Crippen LogP contribution in [-0.4, -0.2) is 72.3 Å². The summed E-state index contributed by atoms with van der Waals surface area (Å²) in [5.74, 6) is 0.178. The summed E-state index contributed by atoms with van der Waals surface area (Å²) in [6.07, 6.45) is 2.52. The second-order valence-electron chi connectivity index (χ2n) is 8.66. The van der Waals surface area contributed by atoms with Crippen LogP contribution in [0, 0.1) is 5.92 Å². The van der Waals surface area contributed by atoms with Crippen LogP contribution in [0.25, 0.3) is 11.2 Å². The summed E-state index contributed by atoms with van der Waals surface area (Å²) >= 11 is 0. The van der Waals surface area contributed by atoms with Crippen molar-refractivity contribution in [2.45, 2.75) is 45.3 Å². The number of likely N-dealkylation sites (tertiary alicyclic amines) is 1. The van der Waals surface area contributed by atoms with E-state index < -0.39 is 11.2 Å². The normalized spacial score (nSPS) is 20.2. The molecule has 0 aromatic carbocycles. The monoisotopic (exact) mass is 432 g/mol. The number of ether oxygens (including phenoxy) is 1. The largest absolute Gasteiger partial charge is 0.447 e. The maximum absolute atomic E-state index is 12.9. The number of aromatic nitrogens is 4. The molecule has 2 fully saturated rings. The Morgan fingerprint density at radius 3 is 2.48 bits per heavy atom. The number of imidazole rings is 1. The van der Waals surface area contributed by atoms with Crippen LogP contribution in [-0.2, 0) is 30.2 Å². The van der Waals surface area contributed by atoms with Crippen molar-refractivity contribution in [1.29, 1.82) is 0 Å². The molecular formula is C20H28N6O5. The first-order valence-corrected chi connectivity index (χ1v) is 10.5. The molecule has 4 heterocycles. The zero-order valence-electron chi connectivity index (χ0n) is 18.3. The molecule has 0 bridgehead atoms. The van der Waals surface area contributed by atoms with Gasteiger partial charge in [-0.05, 0) is 18.8 Å². The zero-order chi connectivity index (χ0) is 22.4. The van der Waals surface area contributed by atoms with Gasteiger partial charge in [0.05, 0.1) is 12.4 Å². The van der Waals surface area contributed by atoms with E-state index in [1.165, 1.54) is 22.5 Å². The summed E-state index contributed by atoms with van der Waals surface area (Å²) in [7, 11) is 2.95. The number of hydrogen-bond donors (Lipinski definition) is 0. The van der Waals surface area contributed by atoms with Crippen LogP contribution in [0.15, 0.2) is 15.9 Å². The van der Waals surface area contributed by atoms with Crippen LogP contribution < -0.4 is 11.2 Å². The Bertz CT molecular complexity index is 1140. The first-order valence-electron chi connectivity index (χ1n) is 10.5. The third-order valence-electron chi connectivity index (χ3n) is 6.45. The molecule has 0 N–H and O–H groups in total. The smallest absolute Gasteiger partial charge is 0.410 e. The van der Waals surface area contributed by atoms with Crippen LogP contribution in [0.3, 0.4) is 0 Å². The average Bonchev–Trinajstić information content (AvgIpc) is 3.34. The van der Waals surface area contributed by atoms with Crippen molar-refractivity contribution >= 4 is 23.2 Å². The number of rotatable bonds is 4. The molecule has 2 aliphatic rings. The number of carbonyl (C=O) groups excluding carboxylic acids is 2. The number of piperidine rings is 1. The summed E-state index contributed by atoms with van der Waals surface area (Å²) < 4.78 is 9.06. The predicted octanol–water partition coefficient (Wildman–Crippen LogP) is -0.0985. The van der Waals surface area contributed by atoms with Crippen LogP contribution in [0.1, 0.15) is 26.7 Å². The molecule has 1 atom stereocenters. The quantitative estimate of drug-likeness (QED) is 0.667. The third-order valence-corrected chi connectivity index (χ3v) is 6.45. The fourth-order valence-corrected chi connectivity index (χ4v) is 4.54. The van der Waals surface area contributed by atoms with E-state index in [4.69, 9.17) is 4.74 Å². The molecule has 4 rings (SSSR count). The van der Waals surface area contributed by atoms with Gasteiger partial charge >= 0.3 is 11.8 Å². The van der Waals surface area contributed by atoms with E-state index in [9.17, 15) is 19.2 Å². The lowest BCUT2D eigenvalue weighted by Gasteiger charge is -2.38. The van der Waals surface area contributed by atoms with Gasteiger partial charge in [-0.2, -0.15) is 0 Å². The highest BCUT2D eigenvalue weighted by molar-refractivity contribution is 5.79. The lowest BCUT2D eigenvalue weighted by molar-refractivity contribution is -0.133. The van der Waals surface area contributed by atoms with Gasteiger partial charge in [0.25, 0.3) is 5.56 Å². The van der Waals surface area contributed by atoms with Gasteiger partial charge in [0, 0.05) is 33.2 Å². The minimum atomic E-state index is -0.477. The topological polar surface area (TPSA) is 112 Å². The van der Waals surface area contributed by atoms with Gasteiger partial charge in [-0.3, -0.25) is 23.6 Å². The molecule has 2 amide bonds. The maximum Gasteiger partial charge on any atom is 0.410 e. The summed E-state index contributed by atoms with van der Waals surface area (Å²) in [5.41, 5.74) is -0.454. The first kappa shape index (κ1) is 21.1. The number of cyclic esters (lactones) is 1. The molecule has 0 spiro atoms. The fraction of sp³-hybridized carbons (Fsp3) is 0.650. The molecule has 0 saturated carbocycles. The molecule has 2 aliphatic heterocycles. The highest BCUT2D eigenvalue weighted by Crippen LogP contribution is 2.27. The highest BCUT2D eigenvalue weighted by atomic mass is 16.6. The molecule has 0 radical (unpaired) electrons. The second kappa shape index (κ2) is 7.86. The Morgan fingerprint density at radius 1 is 1.16 bits per heavy atom. The fourth-order valence-electron chi connectivity index (χ4n) is 4.54. The minimum absolute atomic E-state index is 0.0328. The van der Waals surface area contributed by atoms with Gasteiger partial charge in [-0.15, -0.1) is 0 Å². The Balaban J connectivity index is 1.46. The zero-order valence-corrected chi connectivity index (χ0v) is 18.3. The lowest BCUT2D eigenvalue weighted by Crippen LogP contribution is -2.51. The van der Waals surface area contributed by atoms with Crippen LogP contribution >= 0.6 is 0 Å². The average molecular weight is 432 g/mol. The molecule has 2 saturated heterocycles. The lowest BCUT2D eigenvalue weighted by atomic mass is 9.97. The second-order valence-corrected chi connectivity index (χ2v) is 8.66. The van der Waals surface area contributed by atoms with Gasteiger partial charge in [0.1, 0.15) is 13.2 Å². The van der Waals surface area contributed by atoms with Crippen molar-refractivity contribution in [3.8, 4) is 0 Å². The summed E-state index contributed by atoms with van der Waals surface area (Å²) in [6.45, 7) is 5.60. The van der Waals surface area contributed by atoms with Crippen LogP contribution in [0.5, 0.6) is 0 Å². The van der Waals surface area contributed by atoms with E-state index in [1.807, 2.05) is 4.90 Å². The van der Waals surface area contributed by atoms with E-state index in [2.05, 4.69) is 18.8 Å². The van der Waals surface area contributed by atoms with Gasteiger partial charge in [0.15, 0.2) is 11.2 Å². The van der Waals surface area contributed by atoms with Crippen molar-refractivity contribution < 1.29 is 14.3 Å². The molecule has 168 valence electrons. The van der Waals surface area contributed by atoms with Gasteiger partial charge in [0.2, 0.25) is 5.91 Å². The number of amides is 2. The van der Waals surface area contributed by atoms with E-state index >= 15 is 0 Å². The van der Waals surface area contributed by atoms with Gasteiger partial charge in [-0.1, -0.05) is 13.8 Å². The summed E-state index contributed by atoms with van der Waals surface area (Å²) in [4.78, 5) is 57.5. The number of nitrogens with zero attached hydrogens (tertiary/aromatic N) is 6. The Morgan fingerprint density at radius 2 is 1.84 bits per heavy atom. The standard InChI is InChI=1S/C20H28N6O5/c1-12(2)14-10-31-20(30)26(14)13-5-7-24(8-6-13)15(27)9-25-11-21-17-16(25)18(28)23(4)19(29)22(17)3/h11-14H,5-10H2,1-4H3. The Labute approximate surface area is 178 Å². The van der Waals surface area contributed by atoms with Crippen molar-refractivity contribution in [1.82, 2.24) is 28.5 Å². The molecule has 11 heteroatoms. The van der Waals surface area contributed by atoms with E-state index in [0.717, 1.165) is 4.57 Å². The molecule has 31 heavy (non-hydrogen) atoms. The Kier molecular flexibility index (Phi) is 5.36. The SMILES string of the molecule is CC(C)C1COC(=O)N1C1CCN(C(=O)Cn2cnc3c2c(=O)n(C)c(=O)n3C)CC1. The van der Waals surface area contributed by atoms with Gasteiger partial charge < -0.3 is 14.2 Å². The van der Waals surface area contributed by atoms with Crippen LogP contribution in [0.2, 0.25) is 0 Å². The van der Waals surface area contributed by atoms with E-state index in [1.54, 1.807) is 11.9 Å². The minimum Gasteiger partial charge on any atom is -0.447 e. The van der Waals surface area contributed by atoms with Crippen molar-refractivity contribution in [3.05, 3.63) is 27.2 Å². The number of aryl methyl sites for hydroxylation is 1. The van der Waals surface area contributed by atoms with Gasteiger partial charge in [-0.25, -0.2) is 14.6 Å². The number of carbonyl (C=O) groups is 2. The van der Waals surface area contributed by atoms with E-state index in [0.29, 0.717) is 38.5 Å². The van der Waals surface area contributed by atoms with Crippen molar-refractivity contribution in [2.75, 3.05) is 19.7 Å². The molecular weight excluding hydrogens is 404 g/mol. The molecule has 2 aromatic rings. The van der Waals surface area contributed by atoms with E-state index in [-0.39, 0.29) is 41.8 Å². The van der Waals surface area contributed by atoms with Crippen molar-refractivity contribution in [2.24, 2.45) is 20.0 Å². The maximum atomic E-state index is 12.9. The van der Waals surface area contributed by atoms with Crippen LogP contribution in [0.4, 0.5) is 4.79 Å². The Hall–Kier alpha value is -3.11.